The van der Waals surface area contributed by atoms with Gasteiger partial charge in [0.05, 0.1) is 23.6 Å². The number of amides is 2. The molecule has 4 atom stereocenters. The minimum atomic E-state index is -0.817. The van der Waals surface area contributed by atoms with E-state index in [0.29, 0.717) is 16.3 Å². The van der Waals surface area contributed by atoms with Crippen LogP contribution in [-0.2, 0) is 9.59 Å². The van der Waals surface area contributed by atoms with E-state index >= 15 is 0 Å². The van der Waals surface area contributed by atoms with Crippen molar-refractivity contribution < 1.29 is 14.4 Å². The molecule has 7 heteroatoms. The molecule has 5 nitrogen and oxygen atoms in total. The van der Waals surface area contributed by atoms with E-state index < -0.39 is 23.9 Å². The van der Waals surface area contributed by atoms with Crippen LogP contribution in [0.25, 0.3) is 6.08 Å². The van der Waals surface area contributed by atoms with Crippen LogP contribution in [0.4, 0.5) is 11.4 Å². The molecular formula is C28H20BrClN2O3. The summed E-state index contributed by atoms with van der Waals surface area (Å²) in [5.74, 6) is -2.24. The van der Waals surface area contributed by atoms with E-state index in [1.165, 1.54) is 4.90 Å². The Kier molecular flexibility index (Phi) is 5.20. The van der Waals surface area contributed by atoms with Gasteiger partial charge in [0.1, 0.15) is 6.04 Å². The topological polar surface area (TPSA) is 57.7 Å². The lowest BCUT2D eigenvalue weighted by Gasteiger charge is -2.36. The molecular weight excluding hydrogens is 528 g/mol. The SMILES string of the molecule is Cc1ccc(N2C(=O)[C@@H]3[C@@H](C2=O)[C@@H]2C=Cc4cc(Cl)ccc4N2[C@@H]3C(=O)c2ccc(Br)cc2)cc1. The molecule has 3 aromatic rings. The number of carbonyl (C=O) groups is 3. The average Bonchev–Trinajstić information content (AvgIpc) is 3.32. The van der Waals surface area contributed by atoms with Crippen LogP contribution in [0, 0.1) is 18.8 Å². The number of aryl methyl sites for hydroxylation is 1. The van der Waals surface area contributed by atoms with Gasteiger partial charge in [0, 0.05) is 20.7 Å². The number of fused-ring (bicyclic) bond motifs is 5. The Hall–Kier alpha value is -3.22. The van der Waals surface area contributed by atoms with Crippen molar-refractivity contribution in [1.29, 1.82) is 0 Å². The number of hydrogen-bond acceptors (Lipinski definition) is 4. The zero-order valence-corrected chi connectivity index (χ0v) is 21.0. The molecule has 35 heavy (non-hydrogen) atoms. The largest absolute Gasteiger partial charge is 0.352 e. The van der Waals surface area contributed by atoms with Crippen LogP contribution >= 0.6 is 27.5 Å². The minimum absolute atomic E-state index is 0.182. The van der Waals surface area contributed by atoms with Crippen LogP contribution in [0.1, 0.15) is 21.5 Å². The summed E-state index contributed by atoms with van der Waals surface area (Å²) in [5, 5.41) is 0.583. The molecule has 2 amide bonds. The number of rotatable bonds is 3. The Morgan fingerprint density at radius 1 is 0.914 bits per heavy atom. The Balaban J connectivity index is 1.49. The van der Waals surface area contributed by atoms with Crippen LogP contribution in [0.5, 0.6) is 0 Å². The van der Waals surface area contributed by atoms with Crippen molar-refractivity contribution in [2.24, 2.45) is 11.8 Å². The lowest BCUT2D eigenvalue weighted by Crippen LogP contribution is -2.48. The Morgan fingerprint density at radius 3 is 2.31 bits per heavy atom. The Bertz CT molecular complexity index is 1420. The van der Waals surface area contributed by atoms with Crippen molar-refractivity contribution in [2.75, 3.05) is 9.80 Å². The van der Waals surface area contributed by atoms with Gasteiger partial charge in [-0.25, -0.2) is 4.90 Å². The monoisotopic (exact) mass is 546 g/mol. The standard InChI is InChI=1S/C28H20BrClN2O3/c1-15-2-10-20(11-3-15)31-27(34)23-22-12-6-17-14-19(30)9-13-21(17)32(22)25(24(23)28(31)35)26(33)16-4-7-18(29)8-5-16/h2-14,22-25H,1H3/t22-,23-,24+,25-/m0/s1. The van der Waals surface area contributed by atoms with E-state index in [1.54, 1.807) is 42.5 Å². The summed E-state index contributed by atoms with van der Waals surface area (Å²) in [6.07, 6.45) is 3.85. The van der Waals surface area contributed by atoms with Gasteiger partial charge in [-0.3, -0.25) is 14.4 Å². The fourth-order valence-electron chi connectivity index (χ4n) is 5.58. The molecule has 0 saturated carbocycles. The fraction of sp³-hybridized carbons (Fsp3) is 0.179. The van der Waals surface area contributed by atoms with Gasteiger partial charge in [0.15, 0.2) is 5.78 Å². The van der Waals surface area contributed by atoms with E-state index in [-0.39, 0.29) is 17.6 Å². The molecule has 174 valence electrons. The second kappa shape index (κ2) is 8.18. The van der Waals surface area contributed by atoms with Crippen LogP contribution < -0.4 is 9.80 Å². The van der Waals surface area contributed by atoms with E-state index in [0.717, 1.165) is 21.3 Å². The first kappa shape index (κ1) is 22.3. The van der Waals surface area contributed by atoms with E-state index in [9.17, 15) is 14.4 Å². The number of halogens is 2. The second-order valence-corrected chi connectivity index (χ2v) is 10.5. The summed E-state index contributed by atoms with van der Waals surface area (Å²) in [4.78, 5) is 44.8. The molecule has 0 radical (unpaired) electrons. The van der Waals surface area contributed by atoms with Crippen molar-refractivity contribution >= 4 is 62.6 Å². The first-order valence-corrected chi connectivity index (χ1v) is 12.5. The molecule has 3 heterocycles. The fourth-order valence-corrected chi connectivity index (χ4v) is 6.02. The number of carbonyl (C=O) groups excluding carboxylic acids is 3. The molecule has 3 aliphatic heterocycles. The van der Waals surface area contributed by atoms with Crippen LogP contribution in [-0.4, -0.2) is 29.7 Å². The average molecular weight is 548 g/mol. The molecule has 0 aliphatic carbocycles. The zero-order chi connectivity index (χ0) is 24.4. The third-order valence-electron chi connectivity index (χ3n) is 7.16. The predicted octanol–water partition coefficient (Wildman–Crippen LogP) is 5.68. The molecule has 0 N–H and O–H groups in total. The quantitative estimate of drug-likeness (QED) is 0.313. The van der Waals surface area contributed by atoms with Crippen molar-refractivity contribution in [3.63, 3.8) is 0 Å². The van der Waals surface area contributed by atoms with Gasteiger partial charge in [0.2, 0.25) is 11.8 Å². The molecule has 0 aromatic heterocycles. The highest BCUT2D eigenvalue weighted by Gasteiger charge is 2.64. The van der Waals surface area contributed by atoms with Gasteiger partial charge in [-0.1, -0.05) is 69.5 Å². The van der Waals surface area contributed by atoms with Crippen LogP contribution in [0.3, 0.4) is 0 Å². The van der Waals surface area contributed by atoms with Crippen molar-refractivity contribution in [2.45, 2.75) is 19.0 Å². The van der Waals surface area contributed by atoms with Crippen molar-refractivity contribution in [1.82, 2.24) is 0 Å². The second-order valence-electron chi connectivity index (χ2n) is 9.18. The number of benzene rings is 3. The predicted molar refractivity (Wildman–Crippen MR) is 140 cm³/mol. The van der Waals surface area contributed by atoms with E-state index in [2.05, 4.69) is 15.9 Å². The van der Waals surface area contributed by atoms with E-state index in [4.69, 9.17) is 11.6 Å². The van der Waals surface area contributed by atoms with E-state index in [1.807, 2.05) is 48.2 Å². The maximum atomic E-state index is 14.0. The first-order valence-electron chi connectivity index (χ1n) is 11.4. The molecule has 3 aromatic carbocycles. The normalized spacial score (nSPS) is 24.4. The summed E-state index contributed by atoms with van der Waals surface area (Å²) >= 11 is 9.64. The number of ketones is 1. The summed E-state index contributed by atoms with van der Waals surface area (Å²) in [5.41, 5.74) is 3.73. The number of anilines is 2. The third kappa shape index (κ3) is 3.39. The number of imide groups is 1. The van der Waals surface area contributed by atoms with Gasteiger partial charge >= 0.3 is 0 Å². The van der Waals surface area contributed by atoms with Gasteiger partial charge in [-0.15, -0.1) is 0 Å². The molecule has 6 rings (SSSR count). The highest BCUT2D eigenvalue weighted by atomic mass is 79.9. The first-order chi connectivity index (χ1) is 16.8. The van der Waals surface area contributed by atoms with Crippen molar-refractivity contribution in [3.8, 4) is 0 Å². The molecule has 2 saturated heterocycles. The third-order valence-corrected chi connectivity index (χ3v) is 7.92. The minimum Gasteiger partial charge on any atom is -0.352 e. The highest BCUT2D eigenvalue weighted by molar-refractivity contribution is 9.10. The molecule has 0 unspecified atom stereocenters. The molecule has 2 fully saturated rings. The summed E-state index contributed by atoms with van der Waals surface area (Å²) in [6, 6.07) is 18.7. The van der Waals surface area contributed by atoms with Gasteiger partial charge in [-0.2, -0.15) is 0 Å². The highest BCUT2D eigenvalue weighted by Crippen LogP contribution is 2.50. The smallest absolute Gasteiger partial charge is 0.240 e. The lowest BCUT2D eigenvalue weighted by molar-refractivity contribution is -0.122. The number of Topliss-reactive ketones (excluding diaryl/α,β-unsaturated/α-hetero) is 1. The van der Waals surface area contributed by atoms with Gasteiger partial charge in [-0.05, 0) is 55.0 Å². The summed E-state index contributed by atoms with van der Waals surface area (Å²) in [6.45, 7) is 1.95. The summed E-state index contributed by atoms with van der Waals surface area (Å²) in [7, 11) is 0. The van der Waals surface area contributed by atoms with Gasteiger partial charge in [0.25, 0.3) is 0 Å². The maximum absolute atomic E-state index is 14.0. The lowest BCUT2D eigenvalue weighted by atomic mass is 9.86. The van der Waals surface area contributed by atoms with Gasteiger partial charge < -0.3 is 4.90 Å². The van der Waals surface area contributed by atoms with Crippen molar-refractivity contribution in [3.05, 3.63) is 99.0 Å². The molecule has 0 bridgehead atoms. The Morgan fingerprint density at radius 2 is 1.60 bits per heavy atom. The Labute approximate surface area is 216 Å². The molecule has 0 spiro atoms. The number of hydrogen-bond donors (Lipinski definition) is 0. The molecule has 3 aliphatic rings. The van der Waals surface area contributed by atoms with Crippen LogP contribution in [0.2, 0.25) is 5.02 Å². The number of nitrogens with zero attached hydrogens (tertiary/aromatic N) is 2. The van der Waals surface area contributed by atoms with Crippen LogP contribution in [0.15, 0.2) is 77.3 Å². The summed E-state index contributed by atoms with van der Waals surface area (Å²) < 4.78 is 0.856. The maximum Gasteiger partial charge on any atom is 0.240 e. The zero-order valence-electron chi connectivity index (χ0n) is 18.7.